The molecule has 13 heteroatoms. The number of nitriles is 1. The van der Waals surface area contributed by atoms with Gasteiger partial charge in [0, 0.05) is 17.0 Å². The van der Waals surface area contributed by atoms with E-state index >= 15 is 0 Å². The molecule has 0 radical (unpaired) electrons. The minimum atomic E-state index is -1.03. The largest absolute Gasteiger partial charge is 0.444 e. The zero-order valence-corrected chi connectivity index (χ0v) is 31.9. The summed E-state index contributed by atoms with van der Waals surface area (Å²) < 4.78 is 50.6. The van der Waals surface area contributed by atoms with E-state index in [1.807, 2.05) is 0 Å². The van der Waals surface area contributed by atoms with Gasteiger partial charge in [-0.05, 0) is 111 Å². The number of carbonyl (C=O) groups is 3. The highest BCUT2D eigenvalue weighted by Crippen LogP contribution is 2.43. The zero-order chi connectivity index (χ0) is 39.9. The van der Waals surface area contributed by atoms with Crippen LogP contribution in [0.25, 0.3) is 0 Å². The Bertz CT molecular complexity index is 1800. The summed E-state index contributed by atoms with van der Waals surface area (Å²) in [7, 11) is 0. The van der Waals surface area contributed by atoms with E-state index in [0.717, 1.165) is 5.56 Å². The maximum Gasteiger partial charge on any atom is 0.413 e. The Morgan fingerprint density at radius 1 is 0.736 bits per heavy atom. The number of benzene rings is 2. The maximum absolute atomic E-state index is 13.9. The third-order valence-corrected chi connectivity index (χ3v) is 7.92. The second kappa shape index (κ2) is 16.7. The Hall–Kier alpha value is -5.16. The minimum absolute atomic E-state index is 0.593. The van der Waals surface area contributed by atoms with Gasteiger partial charge in [0.2, 0.25) is 0 Å². The van der Waals surface area contributed by atoms with E-state index in [9.17, 15) is 23.2 Å². The Labute approximate surface area is 310 Å². The van der Waals surface area contributed by atoms with Crippen molar-refractivity contribution in [2.24, 2.45) is 5.73 Å². The van der Waals surface area contributed by atoms with Gasteiger partial charge in [0.25, 0.3) is 5.91 Å². The number of nitrogens with two attached hydrogens (primary N) is 1. The smallest absolute Gasteiger partial charge is 0.413 e. The Morgan fingerprint density at radius 3 is 1.40 bits per heavy atom. The molecular formula is C40H48F2N4O7. The fraction of sp³-hybridized carbons (Fsp3) is 0.500. The molecule has 2 heterocycles. The van der Waals surface area contributed by atoms with Crippen LogP contribution in [-0.2, 0) is 23.7 Å². The minimum Gasteiger partial charge on any atom is -0.444 e. The predicted octanol–water partition coefficient (Wildman–Crippen LogP) is 6.85. The monoisotopic (exact) mass is 734 g/mol. The van der Waals surface area contributed by atoms with Crippen molar-refractivity contribution >= 4 is 18.1 Å². The van der Waals surface area contributed by atoms with E-state index in [4.69, 9.17) is 29.9 Å². The summed E-state index contributed by atoms with van der Waals surface area (Å²) in [6, 6.07) is 14.0. The molecule has 11 nitrogen and oxygen atoms in total. The molecule has 53 heavy (non-hydrogen) atoms. The first-order valence-electron chi connectivity index (χ1n) is 17.0. The predicted molar refractivity (Wildman–Crippen MR) is 193 cm³/mol. The van der Waals surface area contributed by atoms with Gasteiger partial charge in [-0.1, -0.05) is 36.1 Å². The van der Waals surface area contributed by atoms with Gasteiger partial charge in [0.15, 0.2) is 6.07 Å². The first kappa shape index (κ1) is 42.3. The van der Waals surface area contributed by atoms with Gasteiger partial charge in [-0.2, -0.15) is 5.26 Å². The van der Waals surface area contributed by atoms with Crippen molar-refractivity contribution in [1.29, 1.82) is 5.26 Å². The summed E-state index contributed by atoms with van der Waals surface area (Å²) in [6.07, 6.45) is -2.51. The molecule has 0 unspecified atom stereocenters. The lowest BCUT2D eigenvalue weighted by Crippen LogP contribution is -2.50. The highest BCUT2D eigenvalue weighted by atomic mass is 19.1. The molecule has 2 saturated heterocycles. The maximum atomic E-state index is 13.9. The van der Waals surface area contributed by atoms with Crippen LogP contribution in [0.1, 0.15) is 104 Å². The summed E-state index contributed by atoms with van der Waals surface area (Å²) >= 11 is 0. The van der Waals surface area contributed by atoms with Gasteiger partial charge in [-0.25, -0.2) is 18.4 Å². The van der Waals surface area contributed by atoms with Crippen LogP contribution in [0, 0.1) is 35.0 Å². The molecule has 2 aliphatic rings. The SMILES string of the molecule is CC(C)(C)OC(=O)N1[C@H](CF)[C@@H](c2ccc(C#CC#N)cc2)OC1(C)C.CC(C)(C)OC(=O)N1[C@H](CF)[C@@H](c2ccc(C#CC(N)=O)cc2)OC1(C)C. The zero-order valence-electron chi connectivity index (χ0n) is 31.9. The van der Waals surface area contributed by atoms with E-state index < -0.39 is 78.4 Å². The molecule has 4 atom stereocenters. The number of hydrogen-bond donors (Lipinski definition) is 1. The standard InChI is InChI=1S/C20H25FN2O4.C20H23FN2O3/c1-19(2,3)27-18(25)23-15(12-21)17(26-20(23,4)5)14-9-6-13(7-10-14)8-11-16(22)24;1-19(2,3)26-18(24)23-16(13-21)17(25-20(23,4)5)15-10-8-14(9-11-15)7-6-12-22/h6-7,9-10,15,17H,12H2,1-5H3,(H2,22,24);8-11,16-17H,13H2,1-5H3/t15-,17-;16-,17-/m11/s1. The molecule has 0 spiro atoms. The van der Waals surface area contributed by atoms with E-state index in [2.05, 4.69) is 23.7 Å². The van der Waals surface area contributed by atoms with Gasteiger partial charge in [0.05, 0.1) is 12.1 Å². The summed E-state index contributed by atoms with van der Waals surface area (Å²) in [5.74, 6) is 9.19. The van der Waals surface area contributed by atoms with Crippen LogP contribution in [0.4, 0.5) is 18.4 Å². The lowest BCUT2D eigenvalue weighted by Gasteiger charge is -2.34. The second-order valence-electron chi connectivity index (χ2n) is 15.3. The van der Waals surface area contributed by atoms with E-state index in [1.165, 1.54) is 9.80 Å². The normalized spacial score (nSPS) is 21.4. The number of amides is 3. The van der Waals surface area contributed by atoms with Gasteiger partial charge in [0.1, 0.15) is 48.2 Å². The molecule has 4 rings (SSSR count). The van der Waals surface area contributed by atoms with Crippen molar-refractivity contribution in [3.05, 3.63) is 70.8 Å². The molecule has 0 bridgehead atoms. The number of ether oxygens (including phenoxy) is 4. The number of rotatable bonds is 4. The molecule has 0 aromatic heterocycles. The van der Waals surface area contributed by atoms with Crippen molar-refractivity contribution in [2.75, 3.05) is 13.3 Å². The van der Waals surface area contributed by atoms with Crippen molar-refractivity contribution in [2.45, 2.75) is 116 Å². The van der Waals surface area contributed by atoms with Crippen LogP contribution in [0.15, 0.2) is 48.5 Å². The summed E-state index contributed by atoms with van der Waals surface area (Å²) in [4.78, 5) is 38.6. The third kappa shape index (κ3) is 11.2. The number of hydrogen-bond acceptors (Lipinski definition) is 8. The fourth-order valence-corrected chi connectivity index (χ4v) is 5.92. The fourth-order valence-electron chi connectivity index (χ4n) is 5.92. The first-order chi connectivity index (χ1) is 24.5. The van der Waals surface area contributed by atoms with E-state index in [1.54, 1.807) is 124 Å². The van der Waals surface area contributed by atoms with Crippen molar-refractivity contribution < 1.29 is 42.1 Å². The quantitative estimate of drug-likeness (QED) is 0.336. The highest BCUT2D eigenvalue weighted by Gasteiger charge is 2.53. The van der Waals surface area contributed by atoms with E-state index in [-0.39, 0.29) is 0 Å². The molecule has 2 fully saturated rings. The molecular weight excluding hydrogens is 686 g/mol. The average Bonchev–Trinajstić information content (AvgIpc) is 3.49. The van der Waals surface area contributed by atoms with Crippen molar-refractivity contribution in [3.63, 3.8) is 0 Å². The third-order valence-electron chi connectivity index (χ3n) is 7.92. The van der Waals surface area contributed by atoms with Crippen molar-refractivity contribution in [3.8, 4) is 29.8 Å². The number of carbonyl (C=O) groups excluding carboxylic acids is 3. The molecule has 0 saturated carbocycles. The first-order valence-corrected chi connectivity index (χ1v) is 17.0. The Kier molecular flexibility index (Phi) is 13.3. The number of alkyl halides is 2. The highest BCUT2D eigenvalue weighted by molar-refractivity contribution is 5.92. The lowest BCUT2D eigenvalue weighted by molar-refractivity contribution is -0.112. The van der Waals surface area contributed by atoms with Gasteiger partial charge < -0.3 is 24.7 Å². The van der Waals surface area contributed by atoms with Crippen LogP contribution in [0.5, 0.6) is 0 Å². The number of primary amides is 1. The van der Waals surface area contributed by atoms with Crippen LogP contribution < -0.4 is 5.73 Å². The Morgan fingerprint density at radius 2 is 1.09 bits per heavy atom. The molecule has 284 valence electrons. The van der Waals surface area contributed by atoms with Gasteiger partial charge in [-0.15, -0.1) is 0 Å². The topological polar surface area (TPSA) is 144 Å². The number of nitrogens with zero attached hydrogens (tertiary/aromatic N) is 3. The molecule has 0 aliphatic carbocycles. The van der Waals surface area contributed by atoms with Crippen LogP contribution in [-0.4, -0.2) is 76.0 Å². The summed E-state index contributed by atoms with van der Waals surface area (Å²) in [6.45, 7) is 15.8. The molecule has 2 aromatic rings. The van der Waals surface area contributed by atoms with Crippen LogP contribution in [0.2, 0.25) is 0 Å². The molecule has 3 amide bonds. The summed E-state index contributed by atoms with van der Waals surface area (Å²) in [5, 5.41) is 8.51. The second-order valence-corrected chi connectivity index (χ2v) is 15.3. The van der Waals surface area contributed by atoms with Crippen molar-refractivity contribution in [1.82, 2.24) is 9.80 Å². The van der Waals surface area contributed by atoms with Crippen LogP contribution >= 0.6 is 0 Å². The van der Waals surface area contributed by atoms with Crippen LogP contribution in [0.3, 0.4) is 0 Å². The molecule has 2 aliphatic heterocycles. The number of halogens is 2. The van der Waals surface area contributed by atoms with Gasteiger partial charge >= 0.3 is 12.2 Å². The average molecular weight is 735 g/mol. The van der Waals surface area contributed by atoms with E-state index in [0.29, 0.717) is 16.7 Å². The molecule has 2 N–H and O–H groups in total. The lowest BCUT2D eigenvalue weighted by atomic mass is 10.0. The summed E-state index contributed by atoms with van der Waals surface area (Å²) in [5.41, 5.74) is 4.26. The van der Waals surface area contributed by atoms with Gasteiger partial charge in [-0.3, -0.25) is 14.6 Å². The molecule has 2 aromatic carbocycles. The Balaban J connectivity index is 0.000000286.